The van der Waals surface area contributed by atoms with Crippen molar-refractivity contribution in [3.8, 4) is 16.5 Å². The summed E-state index contributed by atoms with van der Waals surface area (Å²) < 4.78 is 10.4. The summed E-state index contributed by atoms with van der Waals surface area (Å²) >= 11 is 1.52. The van der Waals surface area contributed by atoms with Crippen molar-refractivity contribution in [3.63, 3.8) is 0 Å². The minimum Gasteiger partial charge on any atom is -0.507 e. The topological polar surface area (TPSA) is 72.6 Å². The van der Waals surface area contributed by atoms with E-state index in [9.17, 15) is 9.90 Å². The van der Waals surface area contributed by atoms with Crippen LogP contribution in [-0.4, -0.2) is 16.1 Å². The van der Waals surface area contributed by atoms with Gasteiger partial charge < -0.3 is 14.3 Å². The van der Waals surface area contributed by atoms with Crippen LogP contribution in [0.1, 0.15) is 16.1 Å². The number of carbonyl (C=O) groups is 1. The fraction of sp³-hybridized carbons (Fsp3) is 0.0667. The van der Waals surface area contributed by atoms with Crippen molar-refractivity contribution < 1.29 is 19.1 Å². The number of hydrogen-bond acceptors (Lipinski definition) is 6. The van der Waals surface area contributed by atoms with E-state index in [0.717, 1.165) is 4.88 Å². The number of phenols is 1. The normalized spacial score (nSPS) is 10.5. The number of hydrogen-bond donors (Lipinski definition) is 1. The summed E-state index contributed by atoms with van der Waals surface area (Å²) in [5.41, 5.74) is 0.640. The predicted molar refractivity (Wildman–Crippen MR) is 77.0 cm³/mol. The van der Waals surface area contributed by atoms with Crippen LogP contribution in [0.15, 0.2) is 52.5 Å². The molecule has 0 radical (unpaired) electrons. The number of nitrogens with zero attached hydrogens (tertiary/aromatic N) is 1. The summed E-state index contributed by atoms with van der Waals surface area (Å²) in [7, 11) is 0. The minimum absolute atomic E-state index is 0.0119. The molecule has 106 valence electrons. The molecule has 1 N–H and O–H groups in total. The number of carbonyl (C=O) groups excluding carboxylic acids is 1. The second kappa shape index (κ2) is 5.80. The van der Waals surface area contributed by atoms with Crippen molar-refractivity contribution in [2.75, 3.05) is 0 Å². The van der Waals surface area contributed by atoms with Gasteiger partial charge in [0, 0.05) is 0 Å². The Labute approximate surface area is 124 Å². The second-order valence-electron chi connectivity index (χ2n) is 4.21. The lowest BCUT2D eigenvalue weighted by Crippen LogP contribution is -2.05. The quantitative estimate of drug-likeness (QED) is 0.747. The first kappa shape index (κ1) is 13.4. The van der Waals surface area contributed by atoms with Gasteiger partial charge >= 0.3 is 5.97 Å². The van der Waals surface area contributed by atoms with Crippen LogP contribution in [0.3, 0.4) is 0 Å². The average molecular weight is 301 g/mol. The predicted octanol–water partition coefficient (Wildman–Crippen LogP) is 3.47. The Morgan fingerprint density at radius 1 is 1.29 bits per heavy atom. The fourth-order valence-electron chi connectivity index (χ4n) is 1.75. The van der Waals surface area contributed by atoms with E-state index in [4.69, 9.17) is 9.15 Å². The summed E-state index contributed by atoms with van der Waals surface area (Å²) in [6.45, 7) is -0.0119. The third-order valence-corrected chi connectivity index (χ3v) is 3.62. The van der Waals surface area contributed by atoms with Crippen LogP contribution >= 0.6 is 11.3 Å². The molecule has 0 amide bonds. The molecule has 1 aromatic carbocycles. The molecule has 0 aliphatic rings. The molecule has 2 heterocycles. The lowest BCUT2D eigenvalue weighted by atomic mass is 10.2. The van der Waals surface area contributed by atoms with Crippen LogP contribution in [-0.2, 0) is 11.3 Å². The number of aromatic hydroxyl groups is 1. The lowest BCUT2D eigenvalue weighted by Gasteiger charge is -2.03. The fourth-order valence-corrected chi connectivity index (χ4v) is 2.41. The second-order valence-corrected chi connectivity index (χ2v) is 5.16. The van der Waals surface area contributed by atoms with Crippen molar-refractivity contribution in [2.24, 2.45) is 0 Å². The van der Waals surface area contributed by atoms with E-state index in [0.29, 0.717) is 11.6 Å². The van der Waals surface area contributed by atoms with Crippen molar-refractivity contribution in [2.45, 2.75) is 6.61 Å². The maximum Gasteiger partial charge on any atom is 0.342 e. The molecule has 0 aliphatic heterocycles. The van der Waals surface area contributed by atoms with Crippen LogP contribution < -0.4 is 0 Å². The van der Waals surface area contributed by atoms with E-state index in [1.807, 2.05) is 17.5 Å². The van der Waals surface area contributed by atoms with Crippen LogP contribution in [0.2, 0.25) is 0 Å². The summed E-state index contributed by atoms with van der Waals surface area (Å²) in [6.07, 6.45) is 1.45. The van der Waals surface area contributed by atoms with E-state index in [1.165, 1.54) is 29.7 Å². The number of benzene rings is 1. The number of thiophene rings is 1. The molecule has 5 nitrogen and oxygen atoms in total. The Morgan fingerprint density at radius 2 is 2.14 bits per heavy atom. The highest BCUT2D eigenvalue weighted by atomic mass is 32.1. The Balaban J connectivity index is 1.66. The number of aromatic nitrogens is 1. The number of rotatable bonds is 4. The van der Waals surface area contributed by atoms with E-state index in [2.05, 4.69) is 4.98 Å². The van der Waals surface area contributed by atoms with Gasteiger partial charge in [-0.15, -0.1) is 11.3 Å². The first-order chi connectivity index (χ1) is 10.2. The number of phenolic OH excluding ortho intramolecular Hbond substituents is 1. The van der Waals surface area contributed by atoms with Gasteiger partial charge in [0.15, 0.2) is 0 Å². The minimum atomic E-state index is -0.603. The Kier molecular flexibility index (Phi) is 3.70. The van der Waals surface area contributed by atoms with E-state index >= 15 is 0 Å². The molecule has 0 bridgehead atoms. The highest BCUT2D eigenvalue weighted by Crippen LogP contribution is 2.24. The van der Waals surface area contributed by atoms with Crippen LogP contribution in [0.5, 0.6) is 5.75 Å². The Hall–Kier alpha value is -2.60. The number of ether oxygens (including phenoxy) is 1. The third-order valence-electron chi connectivity index (χ3n) is 2.76. The maximum atomic E-state index is 11.8. The van der Waals surface area contributed by atoms with E-state index in [-0.39, 0.29) is 17.9 Å². The number of oxazole rings is 1. The molecule has 0 fully saturated rings. The molecule has 21 heavy (non-hydrogen) atoms. The molecule has 0 unspecified atom stereocenters. The molecule has 0 saturated carbocycles. The summed E-state index contributed by atoms with van der Waals surface area (Å²) in [4.78, 5) is 17.0. The van der Waals surface area contributed by atoms with Gasteiger partial charge in [-0.25, -0.2) is 9.78 Å². The van der Waals surface area contributed by atoms with E-state index in [1.54, 1.807) is 12.1 Å². The van der Waals surface area contributed by atoms with Crippen molar-refractivity contribution in [1.82, 2.24) is 4.98 Å². The first-order valence-electron chi connectivity index (χ1n) is 6.17. The molecule has 6 heteroatoms. The smallest absolute Gasteiger partial charge is 0.342 e. The lowest BCUT2D eigenvalue weighted by molar-refractivity contribution is 0.0464. The maximum absolute atomic E-state index is 11.8. The molecular formula is C15H11NO4S. The van der Waals surface area contributed by atoms with Gasteiger partial charge in [0.25, 0.3) is 0 Å². The average Bonchev–Trinajstić information content (AvgIpc) is 3.16. The summed E-state index contributed by atoms with van der Waals surface area (Å²) in [5.74, 6) is -0.214. The van der Waals surface area contributed by atoms with Gasteiger partial charge in [0.05, 0.1) is 4.88 Å². The zero-order valence-corrected chi connectivity index (χ0v) is 11.7. The monoisotopic (exact) mass is 301 g/mol. The molecule has 0 atom stereocenters. The zero-order valence-electron chi connectivity index (χ0n) is 10.9. The van der Waals surface area contributed by atoms with Gasteiger partial charge in [-0.1, -0.05) is 18.2 Å². The standard InChI is InChI=1S/C15H11NO4S/c17-12-5-2-1-4-11(12)15(18)20-9-10-8-19-14(16-10)13-6-3-7-21-13/h1-8,17H,9H2. The van der Waals surface area contributed by atoms with Gasteiger partial charge in [-0.05, 0) is 23.6 Å². The largest absolute Gasteiger partial charge is 0.507 e. The van der Waals surface area contributed by atoms with E-state index < -0.39 is 5.97 Å². The Bertz CT molecular complexity index is 749. The molecule has 0 saturated heterocycles. The molecule has 2 aromatic heterocycles. The highest BCUT2D eigenvalue weighted by molar-refractivity contribution is 7.13. The van der Waals surface area contributed by atoms with Crippen LogP contribution in [0, 0.1) is 0 Å². The zero-order chi connectivity index (χ0) is 14.7. The molecule has 0 aliphatic carbocycles. The SMILES string of the molecule is O=C(OCc1coc(-c2cccs2)n1)c1ccccc1O. The molecule has 3 rings (SSSR count). The van der Waals surface area contributed by atoms with Gasteiger partial charge in [0.1, 0.15) is 29.9 Å². The van der Waals surface area contributed by atoms with Gasteiger partial charge in [-0.3, -0.25) is 0 Å². The third kappa shape index (κ3) is 2.95. The summed E-state index contributed by atoms with van der Waals surface area (Å²) in [6, 6.07) is 10.0. The number of para-hydroxylation sites is 1. The molecule has 0 spiro atoms. The van der Waals surface area contributed by atoms with Crippen LogP contribution in [0.4, 0.5) is 0 Å². The van der Waals surface area contributed by atoms with Crippen LogP contribution in [0.25, 0.3) is 10.8 Å². The van der Waals surface area contributed by atoms with Gasteiger partial charge in [0.2, 0.25) is 5.89 Å². The Morgan fingerprint density at radius 3 is 2.90 bits per heavy atom. The highest BCUT2D eigenvalue weighted by Gasteiger charge is 2.13. The summed E-state index contributed by atoms with van der Waals surface area (Å²) in [5, 5.41) is 11.5. The number of esters is 1. The molecule has 3 aromatic rings. The van der Waals surface area contributed by atoms with Gasteiger partial charge in [-0.2, -0.15) is 0 Å². The van der Waals surface area contributed by atoms with Crippen molar-refractivity contribution in [1.29, 1.82) is 0 Å². The first-order valence-corrected chi connectivity index (χ1v) is 7.05. The van der Waals surface area contributed by atoms with Crippen molar-refractivity contribution in [3.05, 3.63) is 59.3 Å². The molecular weight excluding hydrogens is 290 g/mol. The van der Waals surface area contributed by atoms with Crippen molar-refractivity contribution >= 4 is 17.3 Å².